The summed E-state index contributed by atoms with van der Waals surface area (Å²) >= 11 is 0. The number of aromatic nitrogens is 4. The van der Waals surface area contributed by atoms with E-state index < -0.39 is 0 Å². The molecule has 0 bridgehead atoms. The van der Waals surface area contributed by atoms with E-state index in [4.69, 9.17) is 4.74 Å². The Bertz CT molecular complexity index is 518. The lowest BCUT2D eigenvalue weighted by molar-refractivity contribution is 0.120. The molecule has 90 valence electrons. The zero-order chi connectivity index (χ0) is 11.7. The molecule has 6 heteroatoms. The van der Waals surface area contributed by atoms with E-state index in [1.54, 1.807) is 4.52 Å². The Balaban J connectivity index is 1.81. The first-order valence-electron chi connectivity index (χ1n) is 5.86. The molecule has 2 aromatic heterocycles. The summed E-state index contributed by atoms with van der Waals surface area (Å²) in [6.45, 7) is 3.63. The number of nitrogens with zero attached hydrogens (tertiary/aromatic N) is 4. The van der Waals surface area contributed by atoms with E-state index in [0.29, 0.717) is 11.9 Å². The lowest BCUT2D eigenvalue weighted by Crippen LogP contribution is -2.20. The van der Waals surface area contributed by atoms with Crippen LogP contribution in [0, 0.1) is 6.92 Å². The standard InChI is InChI=1S/C11H15N5O/c1-8-5-10(12-6-9-3-2-4-17-9)16-11(15-8)13-7-14-16/h5,7,9,12H,2-4,6H2,1H3. The molecule has 1 aliphatic rings. The second kappa shape index (κ2) is 4.29. The molecule has 1 fully saturated rings. The third kappa shape index (κ3) is 2.08. The van der Waals surface area contributed by atoms with Crippen molar-refractivity contribution < 1.29 is 4.74 Å². The molecule has 1 atom stereocenters. The maximum absolute atomic E-state index is 5.58. The SMILES string of the molecule is Cc1cc(NCC2CCCO2)n2ncnc2n1. The first-order valence-corrected chi connectivity index (χ1v) is 5.86. The van der Waals surface area contributed by atoms with Gasteiger partial charge >= 0.3 is 0 Å². The van der Waals surface area contributed by atoms with Crippen molar-refractivity contribution in [2.24, 2.45) is 0 Å². The molecule has 2 aromatic rings. The van der Waals surface area contributed by atoms with Crippen LogP contribution in [-0.4, -0.2) is 38.8 Å². The van der Waals surface area contributed by atoms with Gasteiger partial charge in [-0.25, -0.2) is 4.98 Å². The van der Waals surface area contributed by atoms with Crippen molar-refractivity contribution in [3.8, 4) is 0 Å². The summed E-state index contributed by atoms with van der Waals surface area (Å²) < 4.78 is 7.29. The summed E-state index contributed by atoms with van der Waals surface area (Å²) in [6, 6.07) is 1.97. The van der Waals surface area contributed by atoms with Crippen LogP contribution in [0.15, 0.2) is 12.4 Å². The minimum Gasteiger partial charge on any atom is -0.376 e. The van der Waals surface area contributed by atoms with Gasteiger partial charge in [-0.1, -0.05) is 0 Å². The predicted molar refractivity (Wildman–Crippen MR) is 63.0 cm³/mol. The average Bonchev–Trinajstić information content (AvgIpc) is 2.95. The predicted octanol–water partition coefficient (Wildman–Crippen LogP) is 1.02. The molecule has 0 radical (unpaired) electrons. The minimum atomic E-state index is 0.307. The molecular formula is C11H15N5O. The van der Waals surface area contributed by atoms with Gasteiger partial charge in [0.25, 0.3) is 5.78 Å². The van der Waals surface area contributed by atoms with Gasteiger partial charge in [-0.3, -0.25) is 0 Å². The van der Waals surface area contributed by atoms with Crippen LogP contribution in [0.3, 0.4) is 0 Å². The molecule has 1 N–H and O–H groups in total. The first kappa shape index (κ1) is 10.5. The van der Waals surface area contributed by atoms with Crippen LogP contribution >= 0.6 is 0 Å². The topological polar surface area (TPSA) is 64.3 Å². The third-order valence-electron chi connectivity index (χ3n) is 2.91. The Kier molecular flexibility index (Phi) is 2.64. The molecular weight excluding hydrogens is 218 g/mol. The van der Waals surface area contributed by atoms with Crippen molar-refractivity contribution in [3.05, 3.63) is 18.1 Å². The highest BCUT2D eigenvalue weighted by molar-refractivity contribution is 5.44. The Morgan fingerprint density at radius 2 is 2.53 bits per heavy atom. The average molecular weight is 233 g/mol. The van der Waals surface area contributed by atoms with Crippen molar-refractivity contribution in [1.82, 2.24) is 19.6 Å². The fourth-order valence-electron chi connectivity index (χ4n) is 2.08. The zero-order valence-corrected chi connectivity index (χ0v) is 9.76. The Hall–Kier alpha value is -1.69. The van der Waals surface area contributed by atoms with Crippen LogP contribution in [0.25, 0.3) is 5.78 Å². The van der Waals surface area contributed by atoms with Crippen LogP contribution in [0.4, 0.5) is 5.82 Å². The van der Waals surface area contributed by atoms with Gasteiger partial charge in [-0.2, -0.15) is 14.6 Å². The van der Waals surface area contributed by atoms with Gasteiger partial charge in [0, 0.05) is 24.9 Å². The lowest BCUT2D eigenvalue weighted by atomic mass is 10.2. The summed E-state index contributed by atoms with van der Waals surface area (Å²) in [5.74, 6) is 1.54. The Labute approximate surface area is 99.0 Å². The second-order valence-electron chi connectivity index (χ2n) is 4.27. The zero-order valence-electron chi connectivity index (χ0n) is 9.76. The van der Waals surface area contributed by atoms with E-state index in [9.17, 15) is 0 Å². The molecule has 1 unspecified atom stereocenters. The van der Waals surface area contributed by atoms with E-state index in [-0.39, 0.29) is 0 Å². The van der Waals surface area contributed by atoms with Crippen molar-refractivity contribution in [2.75, 3.05) is 18.5 Å². The maximum Gasteiger partial charge on any atom is 0.254 e. The number of anilines is 1. The van der Waals surface area contributed by atoms with Gasteiger partial charge < -0.3 is 10.1 Å². The quantitative estimate of drug-likeness (QED) is 0.857. The number of aryl methyl sites for hydroxylation is 1. The van der Waals surface area contributed by atoms with Crippen molar-refractivity contribution >= 4 is 11.6 Å². The van der Waals surface area contributed by atoms with E-state index >= 15 is 0 Å². The molecule has 3 heterocycles. The van der Waals surface area contributed by atoms with Crippen molar-refractivity contribution in [1.29, 1.82) is 0 Å². The highest BCUT2D eigenvalue weighted by atomic mass is 16.5. The minimum absolute atomic E-state index is 0.307. The van der Waals surface area contributed by atoms with E-state index in [2.05, 4.69) is 20.4 Å². The lowest BCUT2D eigenvalue weighted by Gasteiger charge is -2.12. The molecule has 0 amide bonds. The monoisotopic (exact) mass is 233 g/mol. The van der Waals surface area contributed by atoms with Crippen LogP contribution < -0.4 is 5.32 Å². The molecule has 6 nitrogen and oxygen atoms in total. The van der Waals surface area contributed by atoms with Crippen LogP contribution in [-0.2, 0) is 4.74 Å². The normalized spacial score (nSPS) is 19.9. The summed E-state index contributed by atoms with van der Waals surface area (Å²) in [7, 11) is 0. The van der Waals surface area contributed by atoms with Gasteiger partial charge in [0.2, 0.25) is 0 Å². The third-order valence-corrected chi connectivity index (χ3v) is 2.91. The number of ether oxygens (including phenoxy) is 1. The van der Waals surface area contributed by atoms with E-state index in [1.807, 2.05) is 13.0 Å². The van der Waals surface area contributed by atoms with Gasteiger partial charge in [-0.15, -0.1) is 0 Å². The Morgan fingerprint density at radius 3 is 3.35 bits per heavy atom. The summed E-state index contributed by atoms with van der Waals surface area (Å²) in [5, 5.41) is 7.50. The smallest absolute Gasteiger partial charge is 0.254 e. The Morgan fingerprint density at radius 1 is 1.59 bits per heavy atom. The number of hydrogen-bond acceptors (Lipinski definition) is 5. The maximum atomic E-state index is 5.58. The number of fused-ring (bicyclic) bond motifs is 1. The van der Waals surface area contributed by atoms with Crippen molar-refractivity contribution in [3.63, 3.8) is 0 Å². The number of rotatable bonds is 3. The van der Waals surface area contributed by atoms with Crippen LogP contribution in [0.2, 0.25) is 0 Å². The number of nitrogens with one attached hydrogen (secondary N) is 1. The molecule has 17 heavy (non-hydrogen) atoms. The molecule has 1 aliphatic heterocycles. The summed E-state index contributed by atoms with van der Waals surface area (Å²) in [5.41, 5.74) is 0.931. The molecule has 3 rings (SSSR count). The van der Waals surface area contributed by atoms with Crippen LogP contribution in [0.5, 0.6) is 0 Å². The van der Waals surface area contributed by atoms with Gasteiger partial charge in [0.15, 0.2) is 0 Å². The van der Waals surface area contributed by atoms with Gasteiger partial charge in [-0.05, 0) is 19.8 Å². The summed E-state index contributed by atoms with van der Waals surface area (Å²) in [4.78, 5) is 8.38. The first-order chi connectivity index (χ1) is 8.33. The number of hydrogen-bond donors (Lipinski definition) is 1. The molecule has 1 saturated heterocycles. The molecule has 0 saturated carbocycles. The fourth-order valence-corrected chi connectivity index (χ4v) is 2.08. The summed E-state index contributed by atoms with van der Waals surface area (Å²) in [6.07, 6.45) is 4.10. The van der Waals surface area contributed by atoms with Gasteiger partial charge in [0.05, 0.1) is 6.10 Å². The van der Waals surface area contributed by atoms with E-state index in [1.165, 1.54) is 6.33 Å². The fraction of sp³-hybridized carbons (Fsp3) is 0.545. The second-order valence-corrected chi connectivity index (χ2v) is 4.27. The van der Waals surface area contributed by atoms with E-state index in [0.717, 1.165) is 37.5 Å². The highest BCUT2D eigenvalue weighted by Gasteiger charge is 2.15. The highest BCUT2D eigenvalue weighted by Crippen LogP contribution is 2.14. The molecule has 0 aliphatic carbocycles. The molecule has 0 aromatic carbocycles. The largest absolute Gasteiger partial charge is 0.376 e. The van der Waals surface area contributed by atoms with Crippen LogP contribution in [0.1, 0.15) is 18.5 Å². The van der Waals surface area contributed by atoms with Gasteiger partial charge in [0.1, 0.15) is 12.1 Å². The van der Waals surface area contributed by atoms with Crippen molar-refractivity contribution in [2.45, 2.75) is 25.9 Å². The molecule has 0 spiro atoms.